The highest BCUT2D eigenvalue weighted by molar-refractivity contribution is 6.31. The van der Waals surface area contributed by atoms with E-state index < -0.39 is 5.92 Å². The van der Waals surface area contributed by atoms with E-state index in [1.165, 1.54) is 0 Å². The lowest BCUT2D eigenvalue weighted by atomic mass is 9.95. The van der Waals surface area contributed by atoms with Crippen LogP contribution in [0.3, 0.4) is 0 Å². The number of rotatable bonds is 5. The molecule has 37 heavy (non-hydrogen) atoms. The summed E-state index contributed by atoms with van der Waals surface area (Å²) < 4.78 is 0. The highest BCUT2D eigenvalue weighted by atomic mass is 35.5. The summed E-state index contributed by atoms with van der Waals surface area (Å²) in [7, 11) is 0. The van der Waals surface area contributed by atoms with Crippen LogP contribution in [0.4, 0.5) is 11.4 Å². The molecule has 0 aromatic heterocycles. The Hall–Kier alpha value is -3.22. The molecular weight excluding hydrogens is 507 g/mol. The first-order valence-corrected chi connectivity index (χ1v) is 13.4. The average molecular weight is 537 g/mol. The Bertz CT molecular complexity index is 1160. The summed E-state index contributed by atoms with van der Waals surface area (Å²) in [6, 6.07) is 25.0. The number of piperazine rings is 2. The number of hydrogen-bond donors (Lipinski definition) is 0. The van der Waals surface area contributed by atoms with Crippen molar-refractivity contribution in [1.82, 2.24) is 9.80 Å². The lowest BCUT2D eigenvalue weighted by Crippen LogP contribution is -2.54. The molecule has 2 fully saturated rings. The molecular formula is C29H30Cl2N4O2. The van der Waals surface area contributed by atoms with Crippen molar-refractivity contribution in [3.63, 3.8) is 0 Å². The average Bonchev–Trinajstić information content (AvgIpc) is 2.94. The third kappa shape index (κ3) is 5.86. The SMILES string of the molecule is O=C(C(C(=O)N1CCN(c2cccc(Cl)c2)CC1)c1ccccc1)N1CCN(c2cccc(Cl)c2)CC1. The molecule has 192 valence electrons. The van der Waals surface area contributed by atoms with Crippen LogP contribution in [0.15, 0.2) is 78.9 Å². The Balaban J connectivity index is 1.27. The minimum absolute atomic E-state index is 0.126. The van der Waals surface area contributed by atoms with Gasteiger partial charge in [0.25, 0.3) is 0 Å². The largest absolute Gasteiger partial charge is 0.368 e. The van der Waals surface area contributed by atoms with Gasteiger partial charge >= 0.3 is 0 Å². The van der Waals surface area contributed by atoms with E-state index in [9.17, 15) is 9.59 Å². The summed E-state index contributed by atoms with van der Waals surface area (Å²) in [4.78, 5) is 35.8. The lowest BCUT2D eigenvalue weighted by molar-refractivity contribution is -0.143. The topological polar surface area (TPSA) is 47.1 Å². The molecule has 3 aromatic rings. The summed E-state index contributed by atoms with van der Waals surface area (Å²) in [6.07, 6.45) is 0. The second-order valence-electron chi connectivity index (χ2n) is 9.43. The van der Waals surface area contributed by atoms with Gasteiger partial charge in [0.1, 0.15) is 5.92 Å². The third-order valence-corrected chi connectivity index (χ3v) is 7.63. The smallest absolute Gasteiger partial charge is 0.239 e. The van der Waals surface area contributed by atoms with Gasteiger partial charge in [0.15, 0.2) is 0 Å². The van der Waals surface area contributed by atoms with Crippen LogP contribution in [-0.2, 0) is 9.59 Å². The van der Waals surface area contributed by atoms with Gasteiger partial charge in [-0.2, -0.15) is 0 Å². The highest BCUT2D eigenvalue weighted by Crippen LogP contribution is 2.27. The van der Waals surface area contributed by atoms with Crippen LogP contribution in [0.2, 0.25) is 10.0 Å². The maximum absolute atomic E-state index is 13.8. The zero-order valence-electron chi connectivity index (χ0n) is 20.6. The van der Waals surface area contributed by atoms with Crippen LogP contribution in [0, 0.1) is 0 Å². The maximum atomic E-state index is 13.8. The van der Waals surface area contributed by atoms with E-state index in [0.29, 0.717) is 62.4 Å². The van der Waals surface area contributed by atoms with Crippen molar-refractivity contribution in [3.8, 4) is 0 Å². The van der Waals surface area contributed by atoms with E-state index in [1.807, 2.05) is 88.7 Å². The fraction of sp³-hybridized carbons (Fsp3) is 0.310. The Morgan fingerprint density at radius 3 is 1.41 bits per heavy atom. The number of anilines is 2. The molecule has 3 aromatic carbocycles. The quantitative estimate of drug-likeness (QED) is 0.440. The van der Waals surface area contributed by atoms with Gasteiger partial charge in [-0.15, -0.1) is 0 Å². The number of nitrogens with zero attached hydrogens (tertiary/aromatic N) is 4. The van der Waals surface area contributed by atoms with Crippen molar-refractivity contribution < 1.29 is 9.59 Å². The van der Waals surface area contributed by atoms with E-state index in [0.717, 1.165) is 16.9 Å². The highest BCUT2D eigenvalue weighted by Gasteiger charge is 2.37. The molecule has 0 saturated carbocycles. The van der Waals surface area contributed by atoms with Crippen molar-refractivity contribution in [2.75, 3.05) is 62.2 Å². The van der Waals surface area contributed by atoms with E-state index in [-0.39, 0.29) is 11.8 Å². The minimum Gasteiger partial charge on any atom is -0.368 e. The fourth-order valence-electron chi connectivity index (χ4n) is 5.12. The van der Waals surface area contributed by atoms with Crippen molar-refractivity contribution in [2.24, 2.45) is 0 Å². The first-order chi connectivity index (χ1) is 18.0. The molecule has 0 bridgehead atoms. The molecule has 5 rings (SSSR count). The Morgan fingerprint density at radius 2 is 1.00 bits per heavy atom. The molecule has 2 aliphatic rings. The molecule has 6 nitrogen and oxygen atoms in total. The molecule has 0 spiro atoms. The number of carbonyl (C=O) groups is 2. The normalized spacial score (nSPS) is 16.3. The monoisotopic (exact) mass is 536 g/mol. The van der Waals surface area contributed by atoms with Crippen molar-refractivity contribution in [2.45, 2.75) is 5.92 Å². The van der Waals surface area contributed by atoms with Crippen LogP contribution in [-0.4, -0.2) is 74.0 Å². The molecule has 8 heteroatoms. The van der Waals surface area contributed by atoms with Gasteiger partial charge in [-0.1, -0.05) is 65.7 Å². The maximum Gasteiger partial charge on any atom is 0.239 e. The van der Waals surface area contributed by atoms with Crippen LogP contribution in [0.1, 0.15) is 11.5 Å². The molecule has 2 heterocycles. The number of carbonyl (C=O) groups excluding carboxylic acids is 2. The van der Waals surface area contributed by atoms with Crippen LogP contribution >= 0.6 is 23.2 Å². The second-order valence-corrected chi connectivity index (χ2v) is 10.3. The van der Waals surface area contributed by atoms with Crippen LogP contribution in [0.5, 0.6) is 0 Å². The van der Waals surface area contributed by atoms with Crippen molar-refractivity contribution >= 4 is 46.4 Å². The fourth-order valence-corrected chi connectivity index (χ4v) is 5.49. The summed E-state index contributed by atoms with van der Waals surface area (Å²) in [5, 5.41) is 1.39. The predicted octanol–water partition coefficient (Wildman–Crippen LogP) is 4.77. The summed E-state index contributed by atoms with van der Waals surface area (Å²) in [5.74, 6) is -1.09. The first kappa shape index (κ1) is 25.4. The Morgan fingerprint density at radius 1 is 0.568 bits per heavy atom. The zero-order chi connectivity index (χ0) is 25.8. The summed E-state index contributed by atoms with van der Waals surface area (Å²) in [5.41, 5.74) is 2.84. The van der Waals surface area contributed by atoms with Gasteiger partial charge < -0.3 is 19.6 Å². The van der Waals surface area contributed by atoms with E-state index in [1.54, 1.807) is 0 Å². The van der Waals surface area contributed by atoms with Crippen LogP contribution in [0.25, 0.3) is 0 Å². The van der Waals surface area contributed by atoms with Crippen LogP contribution < -0.4 is 9.80 Å². The van der Waals surface area contributed by atoms with Gasteiger partial charge in [0.05, 0.1) is 0 Å². The molecule has 2 amide bonds. The molecule has 0 atom stereocenters. The zero-order valence-corrected chi connectivity index (χ0v) is 22.1. The van der Waals surface area contributed by atoms with E-state index >= 15 is 0 Å². The van der Waals surface area contributed by atoms with Gasteiger partial charge in [0, 0.05) is 73.8 Å². The van der Waals surface area contributed by atoms with E-state index in [2.05, 4.69) is 9.80 Å². The molecule has 0 aliphatic carbocycles. The molecule has 0 radical (unpaired) electrons. The minimum atomic E-state index is -0.836. The van der Waals surface area contributed by atoms with Gasteiger partial charge in [0.2, 0.25) is 11.8 Å². The van der Waals surface area contributed by atoms with Crippen molar-refractivity contribution in [1.29, 1.82) is 0 Å². The summed E-state index contributed by atoms with van der Waals surface area (Å²) >= 11 is 12.3. The number of amides is 2. The molecule has 0 N–H and O–H groups in total. The third-order valence-electron chi connectivity index (χ3n) is 7.16. The predicted molar refractivity (Wildman–Crippen MR) is 150 cm³/mol. The molecule has 2 aliphatic heterocycles. The standard InChI is InChI=1S/C29H30Cl2N4O2/c30-23-8-4-10-25(20-23)32-12-16-34(17-13-32)28(36)27(22-6-2-1-3-7-22)29(37)35-18-14-33(15-19-35)26-11-5-9-24(31)21-26/h1-11,20-21,27H,12-19H2. The second kappa shape index (κ2) is 11.4. The van der Waals surface area contributed by atoms with E-state index in [4.69, 9.17) is 23.2 Å². The lowest BCUT2D eigenvalue weighted by Gasteiger charge is -2.40. The molecule has 0 unspecified atom stereocenters. The summed E-state index contributed by atoms with van der Waals surface area (Å²) in [6.45, 7) is 5.02. The molecule has 2 saturated heterocycles. The number of halogens is 2. The van der Waals surface area contributed by atoms with Gasteiger partial charge in [-0.3, -0.25) is 9.59 Å². The number of benzene rings is 3. The first-order valence-electron chi connectivity index (χ1n) is 12.6. The Labute approximate surface area is 228 Å². The van der Waals surface area contributed by atoms with Crippen molar-refractivity contribution in [3.05, 3.63) is 94.5 Å². The Kier molecular flexibility index (Phi) is 7.87. The van der Waals surface area contributed by atoms with Gasteiger partial charge in [-0.05, 0) is 42.0 Å². The van der Waals surface area contributed by atoms with Gasteiger partial charge in [-0.25, -0.2) is 0 Å². The number of hydrogen-bond acceptors (Lipinski definition) is 4.